The van der Waals surface area contributed by atoms with Gasteiger partial charge in [-0.3, -0.25) is 19.3 Å². The fourth-order valence-corrected chi connectivity index (χ4v) is 5.69. The van der Waals surface area contributed by atoms with E-state index in [1.165, 1.54) is 0 Å². The summed E-state index contributed by atoms with van der Waals surface area (Å²) < 4.78 is 6.95. The predicted molar refractivity (Wildman–Crippen MR) is 148 cm³/mol. The van der Waals surface area contributed by atoms with Gasteiger partial charge in [0.15, 0.2) is 5.75 Å². The lowest BCUT2D eigenvalue weighted by molar-refractivity contribution is -0.135. The van der Waals surface area contributed by atoms with E-state index in [2.05, 4.69) is 22.6 Å². The number of rotatable bonds is 6. The van der Waals surface area contributed by atoms with Gasteiger partial charge in [-0.1, -0.05) is 48.2 Å². The van der Waals surface area contributed by atoms with Crippen molar-refractivity contribution < 1.29 is 19.1 Å². The van der Waals surface area contributed by atoms with Gasteiger partial charge in [0.05, 0.1) is 15.0 Å². The molecule has 0 saturated carbocycles. The maximum Gasteiger partial charge on any atom is 0.294 e. The fraction of sp³-hybridized carbons (Fsp3) is 0.320. The Morgan fingerprint density at radius 3 is 2.29 bits per heavy atom. The highest BCUT2D eigenvalue weighted by Crippen LogP contribution is 2.38. The van der Waals surface area contributed by atoms with Gasteiger partial charge in [-0.2, -0.15) is 0 Å². The van der Waals surface area contributed by atoms with Crippen molar-refractivity contribution in [3.63, 3.8) is 0 Å². The third kappa shape index (κ3) is 6.72. The number of nitrogens with zero attached hydrogens (tertiary/aromatic N) is 2. The van der Waals surface area contributed by atoms with Crippen LogP contribution < -0.4 is 4.74 Å². The predicted octanol–water partition coefficient (Wildman–Crippen LogP) is 6.62. The van der Waals surface area contributed by atoms with Crippen LogP contribution in [0.5, 0.6) is 5.75 Å². The van der Waals surface area contributed by atoms with Crippen molar-refractivity contribution >= 4 is 80.7 Å². The van der Waals surface area contributed by atoms with Crippen molar-refractivity contribution in [3.05, 3.63) is 66.0 Å². The van der Waals surface area contributed by atoms with Crippen LogP contribution in [0, 0.1) is 3.57 Å². The SMILES string of the molecule is O=C(CN1C(=O)SC(=Cc2cc(Cl)c(OCc3ccc(I)cc3)c(Cl)c2)C1=O)N1CCCCCC1. The number of carbonyl (C=O) groups is 3. The minimum atomic E-state index is -0.491. The largest absolute Gasteiger partial charge is 0.486 e. The lowest BCUT2D eigenvalue weighted by Crippen LogP contribution is -2.42. The Morgan fingerprint density at radius 2 is 1.66 bits per heavy atom. The molecule has 35 heavy (non-hydrogen) atoms. The van der Waals surface area contributed by atoms with Crippen LogP contribution in [0.2, 0.25) is 10.0 Å². The third-order valence-corrected chi connectivity index (χ3v) is 7.93. The second-order valence-corrected chi connectivity index (χ2v) is 11.3. The summed E-state index contributed by atoms with van der Waals surface area (Å²) in [6.45, 7) is 1.40. The van der Waals surface area contributed by atoms with Crippen molar-refractivity contribution in [1.29, 1.82) is 0 Å². The molecule has 2 aliphatic rings. The topological polar surface area (TPSA) is 66.9 Å². The standard InChI is InChI=1S/C25H23Cl2IN2O4S/c26-19-11-17(12-20(27)23(19)34-15-16-5-7-18(28)8-6-16)13-21-24(32)30(25(33)35-21)14-22(31)29-9-3-1-2-4-10-29/h5-8,11-13H,1-4,9-10,14-15H2. The van der Waals surface area contributed by atoms with E-state index in [1.54, 1.807) is 23.1 Å². The van der Waals surface area contributed by atoms with Gasteiger partial charge in [0.1, 0.15) is 13.2 Å². The van der Waals surface area contributed by atoms with E-state index in [0.29, 0.717) is 41.1 Å². The molecule has 2 aliphatic heterocycles. The number of ether oxygens (including phenoxy) is 1. The number of imide groups is 1. The van der Waals surface area contributed by atoms with E-state index < -0.39 is 11.1 Å². The minimum Gasteiger partial charge on any atom is -0.486 e. The van der Waals surface area contributed by atoms with Crippen LogP contribution >= 0.6 is 57.6 Å². The van der Waals surface area contributed by atoms with E-state index >= 15 is 0 Å². The molecule has 3 amide bonds. The molecule has 2 aromatic carbocycles. The smallest absolute Gasteiger partial charge is 0.294 e. The molecule has 6 nitrogen and oxygen atoms in total. The Hall–Kier alpha value is -1.75. The van der Waals surface area contributed by atoms with Gasteiger partial charge in [0.25, 0.3) is 11.1 Å². The first-order chi connectivity index (χ1) is 16.8. The van der Waals surface area contributed by atoms with Crippen LogP contribution in [-0.2, 0) is 16.2 Å². The molecule has 0 aromatic heterocycles. The molecule has 2 fully saturated rings. The molecule has 2 saturated heterocycles. The summed E-state index contributed by atoms with van der Waals surface area (Å²) in [6, 6.07) is 11.2. The number of likely N-dealkylation sites (tertiary alicyclic amines) is 1. The summed E-state index contributed by atoms with van der Waals surface area (Å²) in [5.41, 5.74) is 1.54. The van der Waals surface area contributed by atoms with Crippen molar-refractivity contribution in [3.8, 4) is 5.75 Å². The molecule has 2 aromatic rings. The van der Waals surface area contributed by atoms with Gasteiger partial charge in [-0.15, -0.1) is 0 Å². The average Bonchev–Trinajstić information content (AvgIpc) is 3.01. The molecule has 0 aliphatic carbocycles. The minimum absolute atomic E-state index is 0.198. The maximum absolute atomic E-state index is 12.9. The fourth-order valence-electron chi connectivity index (χ4n) is 3.88. The summed E-state index contributed by atoms with van der Waals surface area (Å²) in [5, 5.41) is 0.133. The number of halogens is 3. The highest BCUT2D eigenvalue weighted by atomic mass is 127. The highest BCUT2D eigenvalue weighted by Gasteiger charge is 2.37. The lowest BCUT2D eigenvalue weighted by atomic mass is 10.2. The molecule has 0 atom stereocenters. The molecule has 0 unspecified atom stereocenters. The number of hydrogen-bond donors (Lipinski definition) is 0. The Bertz CT molecular complexity index is 1140. The van der Waals surface area contributed by atoms with Crippen molar-refractivity contribution in [2.45, 2.75) is 32.3 Å². The summed E-state index contributed by atoms with van der Waals surface area (Å²) in [4.78, 5) is 41.0. The van der Waals surface area contributed by atoms with E-state index in [0.717, 1.165) is 51.5 Å². The zero-order valence-electron chi connectivity index (χ0n) is 18.8. The zero-order valence-corrected chi connectivity index (χ0v) is 23.3. The van der Waals surface area contributed by atoms with E-state index in [4.69, 9.17) is 27.9 Å². The van der Waals surface area contributed by atoms with Crippen molar-refractivity contribution in [2.24, 2.45) is 0 Å². The molecular formula is C25H23Cl2IN2O4S. The molecule has 2 heterocycles. The molecule has 0 bridgehead atoms. The maximum atomic E-state index is 12.9. The number of hydrogen-bond acceptors (Lipinski definition) is 5. The molecular weight excluding hydrogens is 622 g/mol. The van der Waals surface area contributed by atoms with Crippen molar-refractivity contribution in [1.82, 2.24) is 9.80 Å². The Labute approximate surface area is 232 Å². The molecule has 0 spiro atoms. The summed E-state index contributed by atoms with van der Waals surface area (Å²) >= 11 is 15.9. The highest BCUT2D eigenvalue weighted by molar-refractivity contribution is 14.1. The van der Waals surface area contributed by atoms with E-state index in [1.807, 2.05) is 24.3 Å². The molecule has 0 N–H and O–H groups in total. The van der Waals surface area contributed by atoms with Crippen LogP contribution in [0.4, 0.5) is 4.79 Å². The molecule has 4 rings (SSSR count). The van der Waals surface area contributed by atoms with Crippen LogP contribution in [0.3, 0.4) is 0 Å². The summed E-state index contributed by atoms with van der Waals surface area (Å²) in [6.07, 6.45) is 5.63. The van der Waals surface area contributed by atoms with Crippen LogP contribution in [0.25, 0.3) is 6.08 Å². The molecule has 10 heteroatoms. The quantitative estimate of drug-likeness (QED) is 0.261. The first-order valence-electron chi connectivity index (χ1n) is 11.2. The second kappa shape index (κ2) is 12.0. The molecule has 0 radical (unpaired) electrons. The van der Waals surface area contributed by atoms with Crippen LogP contribution in [0.1, 0.15) is 36.8 Å². The van der Waals surface area contributed by atoms with Gasteiger partial charge in [-0.25, -0.2) is 0 Å². The number of thioether (sulfide) groups is 1. The summed E-state index contributed by atoms with van der Waals surface area (Å²) in [5.74, 6) is -0.342. The Balaban J connectivity index is 1.44. The van der Waals surface area contributed by atoms with Gasteiger partial charge in [0.2, 0.25) is 5.91 Å². The second-order valence-electron chi connectivity index (χ2n) is 8.29. The Morgan fingerprint density at radius 1 is 1.03 bits per heavy atom. The van der Waals surface area contributed by atoms with E-state index in [9.17, 15) is 14.4 Å². The Kier molecular flexibility index (Phi) is 9.02. The van der Waals surface area contributed by atoms with Crippen LogP contribution in [0.15, 0.2) is 41.3 Å². The number of amides is 3. The van der Waals surface area contributed by atoms with E-state index in [-0.39, 0.29) is 17.4 Å². The first kappa shape index (κ1) is 26.3. The third-order valence-electron chi connectivity index (χ3n) is 5.74. The van der Waals surface area contributed by atoms with Gasteiger partial charge >= 0.3 is 0 Å². The first-order valence-corrected chi connectivity index (χ1v) is 13.9. The zero-order chi connectivity index (χ0) is 24.9. The number of benzene rings is 2. The van der Waals surface area contributed by atoms with Crippen molar-refractivity contribution in [2.75, 3.05) is 19.6 Å². The van der Waals surface area contributed by atoms with Gasteiger partial charge in [0, 0.05) is 16.7 Å². The van der Waals surface area contributed by atoms with Crippen LogP contribution in [-0.4, -0.2) is 46.5 Å². The lowest BCUT2D eigenvalue weighted by Gasteiger charge is -2.22. The monoisotopic (exact) mass is 644 g/mol. The average molecular weight is 645 g/mol. The van der Waals surface area contributed by atoms with Gasteiger partial charge in [-0.05, 0) is 88.7 Å². The van der Waals surface area contributed by atoms with Gasteiger partial charge < -0.3 is 9.64 Å². The number of carbonyl (C=O) groups excluding carboxylic acids is 3. The molecule has 184 valence electrons. The summed E-state index contributed by atoms with van der Waals surface area (Å²) in [7, 11) is 0. The normalized spacial score (nSPS) is 17.7.